The normalized spacial score (nSPS) is 21.6. The zero-order chi connectivity index (χ0) is 15.3. The van der Waals surface area contributed by atoms with E-state index in [1.807, 2.05) is 6.92 Å². The Labute approximate surface area is 118 Å². The van der Waals surface area contributed by atoms with Gasteiger partial charge in [0.2, 0.25) is 5.91 Å². The first-order valence-electron chi connectivity index (χ1n) is 6.82. The van der Waals surface area contributed by atoms with Crippen molar-refractivity contribution in [2.45, 2.75) is 26.7 Å². The number of nitrogens with one attached hydrogen (secondary N) is 1. The van der Waals surface area contributed by atoms with Crippen molar-refractivity contribution in [2.75, 3.05) is 33.2 Å². The van der Waals surface area contributed by atoms with Crippen LogP contribution in [0.4, 0.5) is 4.79 Å². The molecule has 1 rings (SSSR count). The molecule has 2 N–H and O–H groups in total. The van der Waals surface area contributed by atoms with Crippen molar-refractivity contribution >= 4 is 17.9 Å². The first kappa shape index (κ1) is 16.3. The summed E-state index contributed by atoms with van der Waals surface area (Å²) in [5, 5.41) is 11.7. The van der Waals surface area contributed by atoms with E-state index in [4.69, 9.17) is 0 Å². The Morgan fingerprint density at radius 2 is 2.05 bits per heavy atom. The topological polar surface area (TPSA) is 90.0 Å². The lowest BCUT2D eigenvalue weighted by molar-refractivity contribution is -0.147. The number of hydrogen-bond acceptors (Lipinski definition) is 3. The second kappa shape index (κ2) is 6.58. The van der Waals surface area contributed by atoms with Crippen LogP contribution in [0.3, 0.4) is 0 Å². The van der Waals surface area contributed by atoms with E-state index in [9.17, 15) is 19.5 Å². The van der Waals surface area contributed by atoms with E-state index in [2.05, 4.69) is 5.32 Å². The molecule has 0 aliphatic carbocycles. The Bertz CT molecular complexity index is 399. The first-order chi connectivity index (χ1) is 9.34. The average molecular weight is 285 g/mol. The molecule has 0 bridgehead atoms. The van der Waals surface area contributed by atoms with Crippen molar-refractivity contribution in [3.63, 3.8) is 0 Å². The molecule has 1 fully saturated rings. The van der Waals surface area contributed by atoms with Crippen LogP contribution in [0, 0.1) is 5.41 Å². The Hall–Kier alpha value is -1.79. The monoisotopic (exact) mass is 285 g/mol. The molecule has 0 aromatic carbocycles. The van der Waals surface area contributed by atoms with Crippen LogP contribution in [0.5, 0.6) is 0 Å². The summed E-state index contributed by atoms with van der Waals surface area (Å²) in [6.45, 7) is 4.65. The Kier molecular flexibility index (Phi) is 5.35. The fourth-order valence-electron chi connectivity index (χ4n) is 2.26. The van der Waals surface area contributed by atoms with Gasteiger partial charge in [0.15, 0.2) is 0 Å². The molecule has 20 heavy (non-hydrogen) atoms. The van der Waals surface area contributed by atoms with Gasteiger partial charge in [-0.25, -0.2) is 4.79 Å². The molecule has 1 saturated heterocycles. The summed E-state index contributed by atoms with van der Waals surface area (Å²) in [6, 6.07) is -0.263. The number of rotatable bonds is 5. The standard InChI is InChI=1S/C13H23N3O4/c1-4-6-15(8-10(17)14-3)12(20)16-7-5-13(2,9-16)11(18)19/h4-9H2,1-3H3,(H,14,17)(H,18,19). The molecule has 7 heteroatoms. The summed E-state index contributed by atoms with van der Waals surface area (Å²) in [7, 11) is 1.52. The molecule has 0 aromatic heterocycles. The van der Waals surface area contributed by atoms with E-state index < -0.39 is 11.4 Å². The van der Waals surface area contributed by atoms with Gasteiger partial charge in [0.25, 0.3) is 0 Å². The van der Waals surface area contributed by atoms with Crippen LogP contribution < -0.4 is 5.32 Å². The molecule has 0 radical (unpaired) electrons. The number of carboxylic acids is 1. The van der Waals surface area contributed by atoms with Crippen LogP contribution in [0.15, 0.2) is 0 Å². The Balaban J connectivity index is 2.71. The van der Waals surface area contributed by atoms with E-state index in [0.717, 1.165) is 6.42 Å². The number of carbonyl (C=O) groups excluding carboxylic acids is 2. The van der Waals surface area contributed by atoms with Gasteiger partial charge in [0, 0.05) is 26.7 Å². The average Bonchev–Trinajstić information content (AvgIpc) is 2.81. The van der Waals surface area contributed by atoms with Crippen LogP contribution in [-0.2, 0) is 9.59 Å². The van der Waals surface area contributed by atoms with Gasteiger partial charge in [-0.15, -0.1) is 0 Å². The lowest BCUT2D eigenvalue weighted by Crippen LogP contribution is -2.47. The van der Waals surface area contributed by atoms with E-state index in [0.29, 0.717) is 19.5 Å². The number of carboxylic acid groups (broad SMARTS) is 1. The number of likely N-dealkylation sites (N-methyl/N-ethyl adjacent to an activating group) is 1. The molecule has 1 aliphatic rings. The van der Waals surface area contributed by atoms with Crippen molar-refractivity contribution in [1.82, 2.24) is 15.1 Å². The summed E-state index contributed by atoms with van der Waals surface area (Å²) < 4.78 is 0. The molecule has 1 aliphatic heterocycles. The van der Waals surface area contributed by atoms with Gasteiger partial charge in [-0.05, 0) is 19.8 Å². The number of urea groups is 1. The van der Waals surface area contributed by atoms with Gasteiger partial charge in [-0.1, -0.05) is 6.92 Å². The minimum Gasteiger partial charge on any atom is -0.481 e. The molecule has 114 valence electrons. The van der Waals surface area contributed by atoms with Crippen LogP contribution >= 0.6 is 0 Å². The molecule has 1 heterocycles. The van der Waals surface area contributed by atoms with E-state index in [-0.39, 0.29) is 25.0 Å². The third-order valence-corrected chi connectivity index (χ3v) is 3.64. The highest BCUT2D eigenvalue weighted by atomic mass is 16.4. The molecule has 7 nitrogen and oxygen atoms in total. The summed E-state index contributed by atoms with van der Waals surface area (Å²) >= 11 is 0. The predicted octanol–water partition coefficient (Wildman–Crippen LogP) is 0.361. The van der Waals surface area contributed by atoms with Crippen LogP contribution in [-0.4, -0.2) is 66.0 Å². The maximum atomic E-state index is 12.4. The third-order valence-electron chi connectivity index (χ3n) is 3.64. The summed E-state index contributed by atoms with van der Waals surface area (Å²) in [5.41, 5.74) is -0.888. The van der Waals surface area contributed by atoms with Gasteiger partial charge in [0.05, 0.1) is 5.41 Å². The summed E-state index contributed by atoms with van der Waals surface area (Å²) in [5.74, 6) is -1.12. The quantitative estimate of drug-likeness (QED) is 0.763. The zero-order valence-corrected chi connectivity index (χ0v) is 12.3. The van der Waals surface area contributed by atoms with Crippen LogP contribution in [0.1, 0.15) is 26.7 Å². The molecule has 0 spiro atoms. The molecule has 3 amide bonds. The van der Waals surface area contributed by atoms with Crippen LogP contribution in [0.25, 0.3) is 0 Å². The van der Waals surface area contributed by atoms with Crippen molar-refractivity contribution in [3.8, 4) is 0 Å². The molecular formula is C13H23N3O4. The minimum absolute atomic E-state index is 0.00343. The largest absolute Gasteiger partial charge is 0.481 e. The minimum atomic E-state index is -0.888. The van der Waals surface area contributed by atoms with Gasteiger partial charge in [-0.3, -0.25) is 9.59 Å². The summed E-state index contributed by atoms with van der Waals surface area (Å²) in [6.07, 6.45) is 1.18. The van der Waals surface area contributed by atoms with Crippen molar-refractivity contribution in [1.29, 1.82) is 0 Å². The first-order valence-corrected chi connectivity index (χ1v) is 6.82. The fraction of sp³-hybridized carbons (Fsp3) is 0.769. The highest BCUT2D eigenvalue weighted by Gasteiger charge is 2.43. The number of hydrogen-bond donors (Lipinski definition) is 2. The Morgan fingerprint density at radius 1 is 1.40 bits per heavy atom. The van der Waals surface area contributed by atoms with Crippen molar-refractivity contribution in [2.24, 2.45) is 5.41 Å². The van der Waals surface area contributed by atoms with Gasteiger partial charge >= 0.3 is 12.0 Å². The van der Waals surface area contributed by atoms with Crippen molar-refractivity contribution in [3.05, 3.63) is 0 Å². The number of nitrogens with zero attached hydrogens (tertiary/aromatic N) is 2. The number of aliphatic carboxylic acids is 1. The zero-order valence-electron chi connectivity index (χ0n) is 12.3. The molecule has 0 aromatic rings. The molecule has 0 saturated carbocycles. The smallest absolute Gasteiger partial charge is 0.320 e. The number of carbonyl (C=O) groups is 3. The molecule has 1 unspecified atom stereocenters. The lowest BCUT2D eigenvalue weighted by atomic mass is 9.90. The maximum absolute atomic E-state index is 12.4. The Morgan fingerprint density at radius 3 is 2.50 bits per heavy atom. The highest BCUT2D eigenvalue weighted by molar-refractivity contribution is 5.85. The van der Waals surface area contributed by atoms with E-state index >= 15 is 0 Å². The predicted molar refractivity (Wildman–Crippen MR) is 73.3 cm³/mol. The fourth-order valence-corrected chi connectivity index (χ4v) is 2.26. The van der Waals surface area contributed by atoms with E-state index in [1.165, 1.54) is 16.8 Å². The van der Waals surface area contributed by atoms with Crippen molar-refractivity contribution < 1.29 is 19.5 Å². The second-order valence-corrected chi connectivity index (χ2v) is 5.41. The third kappa shape index (κ3) is 3.61. The van der Waals surface area contributed by atoms with Gasteiger partial charge in [0.1, 0.15) is 6.54 Å². The van der Waals surface area contributed by atoms with Gasteiger partial charge < -0.3 is 20.2 Å². The lowest BCUT2D eigenvalue weighted by Gasteiger charge is -2.28. The van der Waals surface area contributed by atoms with Crippen LogP contribution in [0.2, 0.25) is 0 Å². The second-order valence-electron chi connectivity index (χ2n) is 5.41. The maximum Gasteiger partial charge on any atom is 0.320 e. The summed E-state index contributed by atoms with van der Waals surface area (Å²) in [4.78, 5) is 38.0. The SMILES string of the molecule is CCCN(CC(=O)NC)C(=O)N1CCC(C)(C(=O)O)C1. The van der Waals surface area contributed by atoms with Gasteiger partial charge in [-0.2, -0.15) is 0 Å². The number of likely N-dealkylation sites (tertiary alicyclic amines) is 1. The number of amides is 3. The highest BCUT2D eigenvalue weighted by Crippen LogP contribution is 2.30. The molecule has 1 atom stereocenters. The van der Waals surface area contributed by atoms with E-state index in [1.54, 1.807) is 6.92 Å². The molecular weight excluding hydrogens is 262 g/mol.